The molecule has 0 aromatic carbocycles. The third kappa shape index (κ3) is 3.16. The number of nitrogens with zero attached hydrogens (tertiary/aromatic N) is 2. The lowest BCUT2D eigenvalue weighted by Gasteiger charge is -2.33. The van der Waals surface area contributed by atoms with E-state index in [9.17, 15) is 4.79 Å². The van der Waals surface area contributed by atoms with Gasteiger partial charge in [-0.3, -0.25) is 9.36 Å². The van der Waals surface area contributed by atoms with Gasteiger partial charge < -0.3 is 4.74 Å². The molecule has 0 amide bonds. The van der Waals surface area contributed by atoms with Gasteiger partial charge >= 0.3 is 0 Å². The van der Waals surface area contributed by atoms with E-state index in [0.29, 0.717) is 13.0 Å². The fraction of sp³-hybridized carbons (Fsp3) is 0.750. The monoisotopic (exact) mass is 310 g/mol. The molecule has 1 atom stereocenters. The minimum Gasteiger partial charge on any atom is -0.370 e. The van der Waals surface area contributed by atoms with E-state index in [1.165, 1.54) is 38.2 Å². The summed E-state index contributed by atoms with van der Waals surface area (Å²) in [7, 11) is 0. The normalized spacial score (nSPS) is 24.6. The van der Waals surface area contributed by atoms with Crippen molar-refractivity contribution in [1.82, 2.24) is 9.55 Å². The molecule has 1 saturated carbocycles. The van der Waals surface area contributed by atoms with Crippen LogP contribution in [0.15, 0.2) is 10.9 Å². The number of aromatic nitrogens is 2. The Morgan fingerprint density at radius 1 is 1.38 bits per heavy atom. The van der Waals surface area contributed by atoms with Crippen molar-refractivity contribution < 1.29 is 4.74 Å². The summed E-state index contributed by atoms with van der Waals surface area (Å²) < 4.78 is 8.09. The van der Waals surface area contributed by atoms with Crippen LogP contribution in [0.3, 0.4) is 0 Å². The molecule has 21 heavy (non-hydrogen) atoms. The Balaban J connectivity index is 1.75. The predicted molar refractivity (Wildman–Crippen MR) is 82.8 cm³/mol. The molecule has 1 saturated heterocycles. The molecule has 4 nitrogen and oxygen atoms in total. The van der Waals surface area contributed by atoms with Crippen molar-refractivity contribution in [3.63, 3.8) is 0 Å². The van der Waals surface area contributed by atoms with Crippen LogP contribution in [0.1, 0.15) is 57.7 Å². The average molecular weight is 311 g/mol. The Kier molecular flexibility index (Phi) is 4.36. The predicted octanol–water partition coefficient (Wildman–Crippen LogP) is 3.34. The van der Waals surface area contributed by atoms with Crippen LogP contribution >= 0.6 is 11.6 Å². The van der Waals surface area contributed by atoms with Crippen LogP contribution in [0.2, 0.25) is 5.15 Å². The van der Waals surface area contributed by atoms with E-state index in [1.54, 1.807) is 4.57 Å². The first-order valence-corrected chi connectivity index (χ1v) is 8.44. The van der Waals surface area contributed by atoms with Crippen molar-refractivity contribution in [1.29, 1.82) is 0 Å². The first-order chi connectivity index (χ1) is 10.1. The molecule has 1 unspecified atom stereocenters. The number of hydrogen-bond acceptors (Lipinski definition) is 3. The Hall–Kier alpha value is -0.870. The average Bonchev–Trinajstić information content (AvgIpc) is 2.85. The molecule has 2 aliphatic rings. The van der Waals surface area contributed by atoms with Crippen LogP contribution in [0, 0.1) is 0 Å². The Labute approximate surface area is 130 Å². The molecule has 0 N–H and O–H groups in total. The molecule has 1 aromatic rings. The molecule has 116 valence electrons. The molecule has 0 radical (unpaired) electrons. The van der Waals surface area contributed by atoms with E-state index in [1.807, 2.05) is 6.92 Å². The number of halogens is 1. The van der Waals surface area contributed by atoms with E-state index >= 15 is 0 Å². The van der Waals surface area contributed by atoms with Crippen LogP contribution in [-0.2, 0) is 17.7 Å². The minimum atomic E-state index is -0.0694. The van der Waals surface area contributed by atoms with Crippen molar-refractivity contribution in [3.8, 4) is 0 Å². The maximum Gasteiger partial charge on any atom is 0.255 e. The molecule has 1 aromatic heterocycles. The summed E-state index contributed by atoms with van der Waals surface area (Å²) in [6, 6.07) is 1.39. The van der Waals surface area contributed by atoms with Gasteiger partial charge in [0.05, 0.1) is 18.2 Å². The van der Waals surface area contributed by atoms with E-state index in [2.05, 4.69) is 4.98 Å². The molecule has 5 heteroatoms. The standard InChI is InChI=1S/C16H23ClN2O2/c1-2-14-18-13(17)10-15(20)19(14)11-12-6-9-16(21-12)7-4-3-5-8-16/h10,12H,2-9,11H2,1H3. The smallest absolute Gasteiger partial charge is 0.255 e. The summed E-state index contributed by atoms with van der Waals surface area (Å²) >= 11 is 5.88. The highest BCUT2D eigenvalue weighted by Gasteiger charge is 2.40. The first-order valence-electron chi connectivity index (χ1n) is 8.06. The van der Waals surface area contributed by atoms with Gasteiger partial charge in [0, 0.05) is 12.5 Å². The third-order valence-electron chi connectivity index (χ3n) is 4.86. The summed E-state index contributed by atoms with van der Waals surface area (Å²) in [5.74, 6) is 0.751. The van der Waals surface area contributed by atoms with Crippen LogP contribution in [-0.4, -0.2) is 21.3 Å². The van der Waals surface area contributed by atoms with Crippen LogP contribution in [0.25, 0.3) is 0 Å². The summed E-state index contributed by atoms with van der Waals surface area (Å²) in [4.78, 5) is 16.4. The molecule has 1 spiro atoms. The zero-order chi connectivity index (χ0) is 14.9. The van der Waals surface area contributed by atoms with Crippen molar-refractivity contribution in [2.24, 2.45) is 0 Å². The molecule has 3 rings (SSSR count). The highest BCUT2D eigenvalue weighted by molar-refractivity contribution is 6.29. The maximum absolute atomic E-state index is 12.2. The zero-order valence-corrected chi connectivity index (χ0v) is 13.4. The largest absolute Gasteiger partial charge is 0.370 e. The van der Waals surface area contributed by atoms with E-state index in [-0.39, 0.29) is 22.4 Å². The zero-order valence-electron chi connectivity index (χ0n) is 12.6. The van der Waals surface area contributed by atoms with Crippen molar-refractivity contribution in [3.05, 3.63) is 27.4 Å². The summed E-state index contributed by atoms with van der Waals surface area (Å²) in [5.41, 5.74) is 0.0266. The molecule has 1 aliphatic heterocycles. The van der Waals surface area contributed by atoms with Gasteiger partial charge in [0.15, 0.2) is 0 Å². The van der Waals surface area contributed by atoms with E-state index in [4.69, 9.17) is 16.3 Å². The fourth-order valence-electron chi connectivity index (χ4n) is 3.78. The number of rotatable bonds is 3. The molecule has 2 heterocycles. The van der Waals surface area contributed by atoms with Gasteiger partial charge in [-0.1, -0.05) is 37.8 Å². The lowest BCUT2D eigenvalue weighted by Crippen LogP contribution is -2.34. The van der Waals surface area contributed by atoms with Crippen molar-refractivity contribution in [2.75, 3.05) is 0 Å². The van der Waals surface area contributed by atoms with Gasteiger partial charge in [-0.15, -0.1) is 0 Å². The molecule has 1 aliphatic carbocycles. The van der Waals surface area contributed by atoms with E-state index < -0.39 is 0 Å². The Bertz CT molecular complexity index is 564. The molecular weight excluding hydrogens is 288 g/mol. The van der Waals surface area contributed by atoms with Crippen molar-refractivity contribution >= 4 is 11.6 Å². The quantitative estimate of drug-likeness (QED) is 0.804. The van der Waals surface area contributed by atoms with Gasteiger partial charge in [0.2, 0.25) is 0 Å². The van der Waals surface area contributed by atoms with E-state index in [0.717, 1.165) is 18.7 Å². The topological polar surface area (TPSA) is 44.1 Å². The molecule has 2 fully saturated rings. The number of ether oxygens (including phenoxy) is 1. The van der Waals surface area contributed by atoms with Gasteiger partial charge in [-0.05, 0) is 25.7 Å². The SMILES string of the molecule is CCc1nc(Cl)cc(=O)n1CC1CCC2(CCCCC2)O1. The van der Waals surface area contributed by atoms with Crippen molar-refractivity contribution in [2.45, 2.75) is 76.5 Å². The molecular formula is C16H23ClN2O2. The summed E-state index contributed by atoms with van der Waals surface area (Å²) in [6.45, 7) is 2.60. The maximum atomic E-state index is 12.2. The molecule has 0 bridgehead atoms. The minimum absolute atomic E-state index is 0.0694. The van der Waals surface area contributed by atoms with Gasteiger partial charge in [-0.2, -0.15) is 0 Å². The summed E-state index contributed by atoms with van der Waals surface area (Å²) in [6.07, 6.45) is 9.24. The lowest BCUT2D eigenvalue weighted by molar-refractivity contribution is -0.0684. The summed E-state index contributed by atoms with van der Waals surface area (Å²) in [5, 5.41) is 0.282. The van der Waals surface area contributed by atoms with Crippen LogP contribution in [0.5, 0.6) is 0 Å². The Morgan fingerprint density at radius 3 is 2.86 bits per heavy atom. The highest BCUT2D eigenvalue weighted by atomic mass is 35.5. The lowest BCUT2D eigenvalue weighted by atomic mass is 9.83. The first kappa shape index (κ1) is 15.0. The van der Waals surface area contributed by atoms with Gasteiger partial charge in [0.1, 0.15) is 11.0 Å². The second-order valence-electron chi connectivity index (χ2n) is 6.32. The Morgan fingerprint density at radius 2 is 2.14 bits per heavy atom. The van der Waals surface area contributed by atoms with Crippen LogP contribution in [0.4, 0.5) is 0 Å². The second kappa shape index (κ2) is 6.09. The number of aryl methyl sites for hydroxylation is 1. The van der Waals surface area contributed by atoms with Crippen LogP contribution < -0.4 is 5.56 Å². The number of hydrogen-bond donors (Lipinski definition) is 0. The second-order valence-corrected chi connectivity index (χ2v) is 6.71. The van der Waals surface area contributed by atoms with Gasteiger partial charge in [-0.25, -0.2) is 4.98 Å². The third-order valence-corrected chi connectivity index (χ3v) is 5.06. The highest BCUT2D eigenvalue weighted by Crippen LogP contribution is 2.42. The fourth-order valence-corrected chi connectivity index (χ4v) is 3.97. The van der Waals surface area contributed by atoms with Gasteiger partial charge in [0.25, 0.3) is 5.56 Å².